The van der Waals surface area contributed by atoms with Crippen LogP contribution in [0.25, 0.3) is 0 Å². The van der Waals surface area contributed by atoms with Gasteiger partial charge in [-0.05, 0) is 40.0 Å². The number of aromatic nitrogens is 3. The largest absolute Gasteiger partial charge is 0.444 e. The fourth-order valence-corrected chi connectivity index (χ4v) is 2.20. The number of nitrogens with zero attached hydrogens (tertiary/aromatic N) is 3. The zero-order chi connectivity index (χ0) is 16.2. The standard InChI is InChI=1S/C14H23N5O3/c1-14(2,3)22-13(21)16-8-10-9-19(18-17-10)11-6-4-5-7-15-12(11)20/h9,11H,4-8H2,1-3H3,(H,15,20)(H,16,21). The summed E-state index contributed by atoms with van der Waals surface area (Å²) in [6, 6.07) is -0.328. The lowest BCUT2D eigenvalue weighted by Crippen LogP contribution is -2.32. The van der Waals surface area contributed by atoms with Gasteiger partial charge < -0.3 is 15.4 Å². The van der Waals surface area contributed by atoms with E-state index < -0.39 is 11.7 Å². The van der Waals surface area contributed by atoms with E-state index in [1.165, 1.54) is 0 Å². The molecule has 8 heteroatoms. The van der Waals surface area contributed by atoms with Crippen LogP contribution in [0.3, 0.4) is 0 Å². The van der Waals surface area contributed by atoms with Gasteiger partial charge in [-0.1, -0.05) is 5.21 Å². The van der Waals surface area contributed by atoms with E-state index in [0.29, 0.717) is 12.2 Å². The van der Waals surface area contributed by atoms with Crippen LogP contribution < -0.4 is 10.6 Å². The van der Waals surface area contributed by atoms with Crippen molar-refractivity contribution < 1.29 is 14.3 Å². The van der Waals surface area contributed by atoms with Crippen LogP contribution in [-0.2, 0) is 16.1 Å². The molecule has 8 nitrogen and oxygen atoms in total. The highest BCUT2D eigenvalue weighted by Crippen LogP contribution is 2.17. The van der Waals surface area contributed by atoms with E-state index in [-0.39, 0.29) is 18.5 Å². The smallest absolute Gasteiger partial charge is 0.407 e. The van der Waals surface area contributed by atoms with Crippen LogP contribution in [0.4, 0.5) is 4.79 Å². The summed E-state index contributed by atoms with van der Waals surface area (Å²) < 4.78 is 6.71. The van der Waals surface area contributed by atoms with E-state index in [1.807, 2.05) is 0 Å². The van der Waals surface area contributed by atoms with Crippen molar-refractivity contribution in [2.75, 3.05) is 6.54 Å². The molecule has 2 heterocycles. The van der Waals surface area contributed by atoms with E-state index >= 15 is 0 Å². The molecule has 1 aromatic heterocycles. The molecule has 2 rings (SSSR count). The van der Waals surface area contributed by atoms with Crippen LogP contribution in [-0.4, -0.2) is 39.1 Å². The molecule has 0 bridgehead atoms. The molecule has 2 amide bonds. The minimum absolute atomic E-state index is 0.0333. The number of hydrogen-bond donors (Lipinski definition) is 2. The average molecular weight is 309 g/mol. The summed E-state index contributed by atoms with van der Waals surface area (Å²) in [5.41, 5.74) is 0.0445. The molecule has 1 fully saturated rings. The molecule has 2 N–H and O–H groups in total. The normalized spacial score (nSPS) is 19.2. The second-order valence-corrected chi connectivity index (χ2v) is 6.35. The van der Waals surface area contributed by atoms with Gasteiger partial charge in [0.25, 0.3) is 0 Å². The van der Waals surface area contributed by atoms with Crippen molar-refractivity contribution in [2.45, 2.75) is 58.2 Å². The van der Waals surface area contributed by atoms with E-state index in [1.54, 1.807) is 31.6 Å². The third kappa shape index (κ3) is 4.71. The fraction of sp³-hybridized carbons (Fsp3) is 0.714. The van der Waals surface area contributed by atoms with Crippen LogP contribution in [0.5, 0.6) is 0 Å². The van der Waals surface area contributed by atoms with Crippen molar-refractivity contribution in [1.82, 2.24) is 25.6 Å². The minimum atomic E-state index is -0.542. The Balaban J connectivity index is 1.91. The van der Waals surface area contributed by atoms with Gasteiger partial charge in [0.1, 0.15) is 17.3 Å². The SMILES string of the molecule is CC(C)(C)OC(=O)NCc1cn(C2CCCCNC2=O)nn1. The summed E-state index contributed by atoms with van der Waals surface area (Å²) in [4.78, 5) is 23.5. The quantitative estimate of drug-likeness (QED) is 0.872. The van der Waals surface area contributed by atoms with E-state index in [4.69, 9.17) is 4.74 Å². The van der Waals surface area contributed by atoms with Gasteiger partial charge in [0.05, 0.1) is 12.7 Å². The maximum Gasteiger partial charge on any atom is 0.407 e. The van der Waals surface area contributed by atoms with Gasteiger partial charge in [-0.15, -0.1) is 5.10 Å². The topological polar surface area (TPSA) is 98.1 Å². The van der Waals surface area contributed by atoms with Gasteiger partial charge in [-0.2, -0.15) is 0 Å². The molecule has 0 saturated carbocycles. The van der Waals surface area contributed by atoms with Gasteiger partial charge in [-0.25, -0.2) is 9.48 Å². The predicted octanol–water partition coefficient (Wildman–Crippen LogP) is 1.14. The van der Waals surface area contributed by atoms with Gasteiger partial charge in [0.15, 0.2) is 0 Å². The molecule has 1 aromatic rings. The first-order valence-electron chi connectivity index (χ1n) is 7.50. The Morgan fingerprint density at radius 3 is 3.00 bits per heavy atom. The first-order chi connectivity index (χ1) is 10.3. The third-order valence-electron chi connectivity index (χ3n) is 3.20. The molecule has 1 unspecified atom stereocenters. The zero-order valence-corrected chi connectivity index (χ0v) is 13.3. The van der Waals surface area contributed by atoms with E-state index in [0.717, 1.165) is 19.3 Å². The molecule has 1 aliphatic rings. The Labute approximate surface area is 129 Å². The number of nitrogens with one attached hydrogen (secondary N) is 2. The molecule has 0 radical (unpaired) electrons. The lowest BCUT2D eigenvalue weighted by Gasteiger charge is -2.19. The number of carbonyl (C=O) groups excluding carboxylic acids is 2. The Hall–Kier alpha value is -2.12. The van der Waals surface area contributed by atoms with E-state index in [2.05, 4.69) is 20.9 Å². The highest BCUT2D eigenvalue weighted by Gasteiger charge is 2.23. The van der Waals surface area contributed by atoms with Crippen molar-refractivity contribution in [3.05, 3.63) is 11.9 Å². The van der Waals surface area contributed by atoms with Crippen LogP contribution in [0.2, 0.25) is 0 Å². The number of carbonyl (C=O) groups is 2. The molecule has 1 aliphatic heterocycles. The second-order valence-electron chi connectivity index (χ2n) is 6.35. The third-order valence-corrected chi connectivity index (χ3v) is 3.20. The highest BCUT2D eigenvalue weighted by atomic mass is 16.6. The van der Waals surface area contributed by atoms with Crippen molar-refractivity contribution in [1.29, 1.82) is 0 Å². The first kappa shape index (κ1) is 16.3. The number of rotatable bonds is 3. The molecule has 22 heavy (non-hydrogen) atoms. The van der Waals surface area contributed by atoms with Gasteiger partial charge in [0.2, 0.25) is 5.91 Å². The Morgan fingerprint density at radius 2 is 2.27 bits per heavy atom. The summed E-state index contributed by atoms with van der Waals surface area (Å²) in [6.45, 7) is 6.31. The van der Waals surface area contributed by atoms with Crippen molar-refractivity contribution in [2.24, 2.45) is 0 Å². The molecular formula is C14H23N5O3. The molecule has 0 spiro atoms. The van der Waals surface area contributed by atoms with E-state index in [9.17, 15) is 9.59 Å². The van der Waals surface area contributed by atoms with Crippen LogP contribution in [0.1, 0.15) is 51.8 Å². The number of ether oxygens (including phenoxy) is 1. The van der Waals surface area contributed by atoms with Gasteiger partial charge in [0, 0.05) is 6.54 Å². The number of amides is 2. The summed E-state index contributed by atoms with van der Waals surface area (Å²) in [6.07, 6.45) is 3.87. The predicted molar refractivity (Wildman–Crippen MR) is 79.0 cm³/mol. The first-order valence-corrected chi connectivity index (χ1v) is 7.50. The van der Waals surface area contributed by atoms with Crippen molar-refractivity contribution in [3.63, 3.8) is 0 Å². The lowest BCUT2D eigenvalue weighted by atomic mass is 10.1. The minimum Gasteiger partial charge on any atom is -0.444 e. The Bertz CT molecular complexity index is 535. The highest BCUT2D eigenvalue weighted by molar-refractivity contribution is 5.80. The molecular weight excluding hydrogens is 286 g/mol. The van der Waals surface area contributed by atoms with Crippen LogP contribution >= 0.6 is 0 Å². The molecule has 0 aromatic carbocycles. The molecule has 1 saturated heterocycles. The summed E-state index contributed by atoms with van der Waals surface area (Å²) in [5, 5.41) is 13.5. The monoisotopic (exact) mass is 309 g/mol. The Morgan fingerprint density at radius 1 is 1.50 bits per heavy atom. The van der Waals surface area contributed by atoms with Gasteiger partial charge in [-0.3, -0.25) is 4.79 Å². The Kier molecular flexibility index (Phi) is 4.99. The van der Waals surface area contributed by atoms with Crippen molar-refractivity contribution in [3.8, 4) is 0 Å². The lowest BCUT2D eigenvalue weighted by molar-refractivity contribution is -0.124. The van der Waals surface area contributed by atoms with Crippen LogP contribution in [0.15, 0.2) is 6.20 Å². The van der Waals surface area contributed by atoms with Gasteiger partial charge >= 0.3 is 6.09 Å². The van der Waals surface area contributed by atoms with Crippen LogP contribution in [0, 0.1) is 0 Å². The maximum atomic E-state index is 12.0. The fourth-order valence-electron chi connectivity index (χ4n) is 2.20. The maximum absolute atomic E-state index is 12.0. The zero-order valence-electron chi connectivity index (χ0n) is 13.3. The molecule has 0 aliphatic carbocycles. The number of hydrogen-bond acceptors (Lipinski definition) is 5. The molecule has 122 valence electrons. The summed E-state index contributed by atoms with van der Waals surface area (Å²) >= 11 is 0. The number of alkyl carbamates (subject to hydrolysis) is 1. The summed E-state index contributed by atoms with van der Waals surface area (Å²) in [5.74, 6) is -0.0333. The average Bonchev–Trinajstić information content (AvgIpc) is 2.77. The summed E-state index contributed by atoms with van der Waals surface area (Å²) in [7, 11) is 0. The molecule has 1 atom stereocenters. The van der Waals surface area contributed by atoms with Crippen molar-refractivity contribution >= 4 is 12.0 Å². The second kappa shape index (κ2) is 6.76.